The number of rotatable bonds is 5. The van der Waals surface area contributed by atoms with Crippen LogP contribution in [0.5, 0.6) is 5.75 Å². The van der Waals surface area contributed by atoms with Crippen LogP contribution in [0, 0.1) is 0 Å². The SMILES string of the molecule is O=C(NNC(=S)Nc1ccc(OC(F)F)cc1)c1ccccc1-n1cccc1. The predicted octanol–water partition coefficient (Wildman–Crippen LogP) is 3.71. The summed E-state index contributed by atoms with van der Waals surface area (Å²) in [7, 11) is 0. The summed E-state index contributed by atoms with van der Waals surface area (Å²) in [5.74, 6) is -0.330. The Labute approximate surface area is 165 Å². The third-order valence-electron chi connectivity index (χ3n) is 3.66. The van der Waals surface area contributed by atoms with E-state index in [1.807, 2.05) is 41.2 Å². The maximum atomic E-state index is 12.5. The van der Waals surface area contributed by atoms with Crippen molar-refractivity contribution >= 4 is 28.9 Å². The molecule has 3 rings (SSSR count). The normalized spacial score (nSPS) is 10.4. The number of nitrogens with zero attached hydrogens (tertiary/aromatic N) is 1. The number of hydrogen-bond acceptors (Lipinski definition) is 3. The molecule has 0 fully saturated rings. The number of anilines is 1. The van der Waals surface area contributed by atoms with Crippen molar-refractivity contribution in [2.45, 2.75) is 6.61 Å². The molecule has 0 saturated heterocycles. The highest BCUT2D eigenvalue weighted by molar-refractivity contribution is 7.80. The van der Waals surface area contributed by atoms with Gasteiger partial charge in [0.15, 0.2) is 5.11 Å². The minimum Gasteiger partial charge on any atom is -0.435 e. The Bertz CT molecular complexity index is 947. The van der Waals surface area contributed by atoms with Crippen molar-refractivity contribution in [2.24, 2.45) is 0 Å². The van der Waals surface area contributed by atoms with Gasteiger partial charge < -0.3 is 14.6 Å². The Hall–Kier alpha value is -3.46. The van der Waals surface area contributed by atoms with Crippen LogP contribution in [0.1, 0.15) is 10.4 Å². The number of hydrazine groups is 1. The molecule has 9 heteroatoms. The molecule has 0 bridgehead atoms. The molecule has 1 heterocycles. The van der Waals surface area contributed by atoms with Crippen LogP contribution >= 0.6 is 12.2 Å². The number of carbonyl (C=O) groups excluding carboxylic acids is 1. The number of amides is 1. The van der Waals surface area contributed by atoms with Gasteiger partial charge in [0.2, 0.25) is 0 Å². The highest BCUT2D eigenvalue weighted by Gasteiger charge is 2.12. The molecule has 0 aliphatic rings. The van der Waals surface area contributed by atoms with E-state index < -0.39 is 6.61 Å². The molecule has 0 unspecified atom stereocenters. The molecular weight excluding hydrogens is 386 g/mol. The van der Waals surface area contributed by atoms with Gasteiger partial charge in [-0.25, -0.2) is 0 Å². The number of thiocarbonyl (C=S) groups is 1. The number of hydrogen-bond donors (Lipinski definition) is 3. The summed E-state index contributed by atoms with van der Waals surface area (Å²) >= 11 is 5.13. The summed E-state index contributed by atoms with van der Waals surface area (Å²) < 4.78 is 30.4. The fraction of sp³-hybridized carbons (Fsp3) is 0.0526. The van der Waals surface area contributed by atoms with E-state index in [2.05, 4.69) is 20.9 Å². The Balaban J connectivity index is 1.57. The predicted molar refractivity (Wildman–Crippen MR) is 106 cm³/mol. The van der Waals surface area contributed by atoms with Crippen molar-refractivity contribution in [3.8, 4) is 11.4 Å². The number of nitrogens with one attached hydrogen (secondary N) is 3. The van der Waals surface area contributed by atoms with Crippen molar-refractivity contribution in [3.05, 3.63) is 78.6 Å². The second kappa shape index (κ2) is 8.96. The van der Waals surface area contributed by atoms with E-state index in [1.165, 1.54) is 24.3 Å². The molecule has 0 saturated carbocycles. The van der Waals surface area contributed by atoms with Crippen LogP contribution in [0.3, 0.4) is 0 Å². The topological polar surface area (TPSA) is 67.3 Å². The summed E-state index contributed by atoms with van der Waals surface area (Å²) in [5.41, 5.74) is 6.86. The Morgan fingerprint density at radius 1 is 0.964 bits per heavy atom. The molecule has 3 N–H and O–H groups in total. The van der Waals surface area contributed by atoms with Gasteiger partial charge in [-0.3, -0.25) is 15.6 Å². The monoisotopic (exact) mass is 402 g/mol. The van der Waals surface area contributed by atoms with E-state index in [9.17, 15) is 13.6 Å². The van der Waals surface area contributed by atoms with E-state index >= 15 is 0 Å². The maximum absolute atomic E-state index is 12.5. The highest BCUT2D eigenvalue weighted by Crippen LogP contribution is 2.17. The lowest BCUT2D eigenvalue weighted by molar-refractivity contribution is -0.0498. The molecule has 1 amide bonds. The zero-order valence-electron chi connectivity index (χ0n) is 14.4. The second-order valence-electron chi connectivity index (χ2n) is 5.54. The summed E-state index contributed by atoms with van der Waals surface area (Å²) in [6.07, 6.45) is 3.68. The van der Waals surface area contributed by atoms with E-state index in [0.717, 1.165) is 5.69 Å². The molecular formula is C19H16F2N4O2S. The Morgan fingerprint density at radius 3 is 2.32 bits per heavy atom. The van der Waals surface area contributed by atoms with Crippen LogP contribution in [-0.4, -0.2) is 22.2 Å². The smallest absolute Gasteiger partial charge is 0.387 e. The van der Waals surface area contributed by atoms with Gasteiger partial charge in [0.05, 0.1) is 11.3 Å². The first-order valence-corrected chi connectivity index (χ1v) is 8.58. The lowest BCUT2D eigenvalue weighted by Crippen LogP contribution is -2.44. The Morgan fingerprint density at radius 2 is 1.64 bits per heavy atom. The van der Waals surface area contributed by atoms with E-state index in [4.69, 9.17) is 12.2 Å². The summed E-state index contributed by atoms with van der Waals surface area (Å²) in [6, 6.07) is 16.7. The van der Waals surface area contributed by atoms with Crippen molar-refractivity contribution in [2.75, 3.05) is 5.32 Å². The van der Waals surface area contributed by atoms with Gasteiger partial charge in [-0.1, -0.05) is 12.1 Å². The lowest BCUT2D eigenvalue weighted by atomic mass is 10.1. The van der Waals surface area contributed by atoms with Crippen LogP contribution in [0.4, 0.5) is 14.5 Å². The standard InChI is InChI=1S/C19H16F2N4O2S/c20-18(21)27-14-9-7-13(8-10-14)22-19(28)24-23-17(26)15-5-1-2-6-16(15)25-11-3-4-12-25/h1-12,18H,(H,23,26)(H2,22,24,28). The molecule has 2 aromatic carbocycles. The van der Waals surface area contributed by atoms with Gasteiger partial charge in [-0.05, 0) is 60.7 Å². The van der Waals surface area contributed by atoms with Crippen molar-refractivity contribution in [1.82, 2.24) is 15.4 Å². The number of ether oxygens (including phenoxy) is 1. The first kappa shape index (κ1) is 19.3. The van der Waals surface area contributed by atoms with Gasteiger partial charge >= 0.3 is 6.61 Å². The molecule has 0 radical (unpaired) electrons. The number of carbonyl (C=O) groups is 1. The summed E-state index contributed by atoms with van der Waals surface area (Å²) in [5, 5.41) is 2.96. The van der Waals surface area contributed by atoms with E-state index in [1.54, 1.807) is 12.1 Å². The fourth-order valence-electron chi connectivity index (χ4n) is 2.45. The average molecular weight is 402 g/mol. The summed E-state index contributed by atoms with van der Waals surface area (Å²) in [4.78, 5) is 12.5. The zero-order chi connectivity index (χ0) is 19.9. The van der Waals surface area contributed by atoms with Crippen molar-refractivity contribution in [3.63, 3.8) is 0 Å². The first-order chi connectivity index (χ1) is 13.5. The van der Waals surface area contributed by atoms with Crippen molar-refractivity contribution < 1.29 is 18.3 Å². The molecule has 28 heavy (non-hydrogen) atoms. The maximum Gasteiger partial charge on any atom is 0.387 e. The van der Waals surface area contributed by atoms with Gasteiger partial charge in [0.1, 0.15) is 5.75 Å². The third kappa shape index (κ3) is 5.04. The van der Waals surface area contributed by atoms with Crippen LogP contribution in [0.2, 0.25) is 0 Å². The van der Waals surface area contributed by atoms with Crippen LogP contribution < -0.4 is 20.9 Å². The molecule has 0 aliphatic heterocycles. The second-order valence-corrected chi connectivity index (χ2v) is 5.95. The summed E-state index contributed by atoms with van der Waals surface area (Å²) in [6.45, 7) is -2.88. The lowest BCUT2D eigenvalue weighted by Gasteiger charge is -2.14. The quantitative estimate of drug-likeness (QED) is 0.449. The van der Waals surface area contributed by atoms with Gasteiger partial charge in [-0.15, -0.1) is 0 Å². The van der Waals surface area contributed by atoms with Crippen LogP contribution in [0.15, 0.2) is 73.1 Å². The van der Waals surface area contributed by atoms with Gasteiger partial charge in [0.25, 0.3) is 5.91 Å². The molecule has 0 spiro atoms. The van der Waals surface area contributed by atoms with Crippen LogP contribution in [-0.2, 0) is 0 Å². The molecule has 6 nitrogen and oxygen atoms in total. The first-order valence-electron chi connectivity index (χ1n) is 8.17. The number of alkyl halides is 2. The van der Waals surface area contributed by atoms with Gasteiger partial charge in [-0.2, -0.15) is 8.78 Å². The average Bonchev–Trinajstić information content (AvgIpc) is 3.22. The minimum absolute atomic E-state index is 0.0364. The molecule has 3 aromatic rings. The van der Waals surface area contributed by atoms with E-state index in [-0.39, 0.29) is 16.8 Å². The molecule has 0 atom stereocenters. The highest BCUT2D eigenvalue weighted by atomic mass is 32.1. The number of halogens is 2. The number of benzene rings is 2. The third-order valence-corrected chi connectivity index (χ3v) is 3.86. The number of para-hydroxylation sites is 1. The van der Waals surface area contributed by atoms with Gasteiger partial charge in [0, 0.05) is 18.1 Å². The number of aromatic nitrogens is 1. The fourth-order valence-corrected chi connectivity index (χ4v) is 2.62. The zero-order valence-corrected chi connectivity index (χ0v) is 15.2. The van der Waals surface area contributed by atoms with E-state index in [0.29, 0.717) is 11.3 Å². The molecule has 144 valence electrons. The minimum atomic E-state index is -2.88. The Kier molecular flexibility index (Phi) is 6.18. The molecule has 0 aliphatic carbocycles. The molecule has 1 aromatic heterocycles. The largest absolute Gasteiger partial charge is 0.435 e. The van der Waals surface area contributed by atoms with Crippen molar-refractivity contribution in [1.29, 1.82) is 0 Å². The van der Waals surface area contributed by atoms with Crippen LogP contribution in [0.25, 0.3) is 5.69 Å².